The third-order valence-electron chi connectivity index (χ3n) is 2.26. The number of ether oxygens (including phenoxy) is 1. The summed E-state index contributed by atoms with van der Waals surface area (Å²) in [4.78, 5) is 21.2. The van der Waals surface area contributed by atoms with E-state index in [0.29, 0.717) is 13.0 Å². The minimum Gasteiger partial charge on any atom is -0.378 e. The molecule has 0 N–H and O–H groups in total. The molecular formula is C8H11N3O3. The lowest BCUT2D eigenvalue weighted by Gasteiger charge is -2.11. The van der Waals surface area contributed by atoms with Gasteiger partial charge in [-0.3, -0.25) is 0 Å². The lowest BCUT2D eigenvalue weighted by atomic mass is 10.0. The van der Waals surface area contributed by atoms with Gasteiger partial charge in [-0.2, -0.15) is 0 Å². The van der Waals surface area contributed by atoms with E-state index >= 15 is 0 Å². The Labute approximate surface area is 80.8 Å². The second-order valence-corrected chi connectivity index (χ2v) is 3.18. The molecule has 1 saturated heterocycles. The summed E-state index contributed by atoms with van der Waals surface area (Å²) in [6, 6.07) is 0. The van der Waals surface area contributed by atoms with Gasteiger partial charge in [-0.05, 0) is 13.3 Å². The van der Waals surface area contributed by atoms with Gasteiger partial charge in [0.2, 0.25) is 0 Å². The van der Waals surface area contributed by atoms with Gasteiger partial charge >= 0.3 is 5.97 Å². The van der Waals surface area contributed by atoms with E-state index in [1.165, 1.54) is 12.7 Å². The number of carbonyl (C=O) groups excluding carboxylic acids is 1. The SMILES string of the molecule is CC1OCCC1C(=O)On1cncn1. The summed E-state index contributed by atoms with van der Waals surface area (Å²) in [6.07, 6.45) is 3.26. The topological polar surface area (TPSA) is 66.2 Å². The van der Waals surface area contributed by atoms with Crippen molar-refractivity contribution in [3.05, 3.63) is 12.7 Å². The maximum absolute atomic E-state index is 11.5. The molecule has 1 aliphatic heterocycles. The van der Waals surface area contributed by atoms with E-state index < -0.39 is 0 Å². The number of rotatable bonds is 2. The largest absolute Gasteiger partial charge is 0.378 e. The zero-order valence-corrected chi connectivity index (χ0v) is 7.79. The molecule has 6 heteroatoms. The van der Waals surface area contributed by atoms with E-state index in [9.17, 15) is 4.79 Å². The predicted molar refractivity (Wildman–Crippen MR) is 45.1 cm³/mol. The highest BCUT2D eigenvalue weighted by molar-refractivity contribution is 5.73. The fourth-order valence-electron chi connectivity index (χ4n) is 1.45. The molecule has 2 atom stereocenters. The number of hydrogen-bond donors (Lipinski definition) is 0. The molecule has 2 heterocycles. The van der Waals surface area contributed by atoms with Crippen LogP contribution in [-0.2, 0) is 9.53 Å². The van der Waals surface area contributed by atoms with Gasteiger partial charge < -0.3 is 9.57 Å². The number of hydrogen-bond acceptors (Lipinski definition) is 5. The second kappa shape index (κ2) is 3.75. The van der Waals surface area contributed by atoms with Crippen LogP contribution in [0.2, 0.25) is 0 Å². The van der Waals surface area contributed by atoms with Gasteiger partial charge in [0, 0.05) is 6.61 Å². The van der Waals surface area contributed by atoms with Crippen molar-refractivity contribution >= 4 is 5.97 Å². The van der Waals surface area contributed by atoms with E-state index in [-0.39, 0.29) is 18.0 Å². The first kappa shape index (κ1) is 9.14. The Balaban J connectivity index is 1.95. The summed E-state index contributed by atoms with van der Waals surface area (Å²) < 4.78 is 5.26. The molecule has 0 aliphatic carbocycles. The third kappa shape index (κ3) is 1.74. The quantitative estimate of drug-likeness (QED) is 0.648. The lowest BCUT2D eigenvalue weighted by molar-refractivity contribution is -0.152. The van der Waals surface area contributed by atoms with Crippen LogP contribution in [0, 0.1) is 5.92 Å². The second-order valence-electron chi connectivity index (χ2n) is 3.18. The van der Waals surface area contributed by atoms with Crippen molar-refractivity contribution < 1.29 is 14.4 Å². The first-order valence-corrected chi connectivity index (χ1v) is 4.46. The van der Waals surface area contributed by atoms with Gasteiger partial charge in [0.05, 0.1) is 12.0 Å². The number of carbonyl (C=O) groups is 1. The molecule has 6 nitrogen and oxygen atoms in total. The van der Waals surface area contributed by atoms with E-state index in [4.69, 9.17) is 9.57 Å². The molecule has 1 aromatic rings. The van der Waals surface area contributed by atoms with E-state index in [1.54, 1.807) is 0 Å². The third-order valence-corrected chi connectivity index (χ3v) is 2.26. The van der Waals surface area contributed by atoms with Crippen LogP contribution >= 0.6 is 0 Å². The molecule has 0 spiro atoms. The zero-order valence-electron chi connectivity index (χ0n) is 7.79. The van der Waals surface area contributed by atoms with Gasteiger partial charge in [0.1, 0.15) is 6.33 Å². The molecule has 0 amide bonds. The van der Waals surface area contributed by atoms with Crippen molar-refractivity contribution in [2.45, 2.75) is 19.4 Å². The maximum Gasteiger partial charge on any atom is 0.340 e. The van der Waals surface area contributed by atoms with Gasteiger partial charge in [-0.25, -0.2) is 9.78 Å². The van der Waals surface area contributed by atoms with Crippen LogP contribution in [0.5, 0.6) is 0 Å². The molecule has 0 radical (unpaired) electrons. The smallest absolute Gasteiger partial charge is 0.340 e. The molecule has 0 saturated carbocycles. The highest BCUT2D eigenvalue weighted by Gasteiger charge is 2.32. The van der Waals surface area contributed by atoms with Gasteiger partial charge in [0.25, 0.3) is 0 Å². The predicted octanol–water partition coefficient (Wildman–Crippen LogP) is -0.342. The molecule has 1 aromatic heterocycles. The summed E-state index contributed by atoms with van der Waals surface area (Å²) >= 11 is 0. The van der Waals surface area contributed by atoms with Crippen LogP contribution in [-0.4, -0.2) is 33.6 Å². The van der Waals surface area contributed by atoms with Crippen molar-refractivity contribution in [1.29, 1.82) is 0 Å². The zero-order chi connectivity index (χ0) is 9.97. The highest BCUT2D eigenvalue weighted by Crippen LogP contribution is 2.20. The standard InChI is InChI=1S/C8H11N3O3/c1-6-7(2-3-13-6)8(12)14-11-5-9-4-10-11/h4-7H,2-3H2,1H3. The van der Waals surface area contributed by atoms with E-state index in [2.05, 4.69) is 10.1 Å². The fourth-order valence-corrected chi connectivity index (χ4v) is 1.45. The fraction of sp³-hybridized carbons (Fsp3) is 0.625. The molecular weight excluding hydrogens is 186 g/mol. The van der Waals surface area contributed by atoms with Crippen LogP contribution in [0.15, 0.2) is 12.7 Å². The minimum atomic E-state index is -0.319. The molecule has 2 rings (SSSR count). The van der Waals surface area contributed by atoms with Crippen molar-refractivity contribution in [2.24, 2.45) is 5.92 Å². The van der Waals surface area contributed by atoms with E-state index in [1.807, 2.05) is 6.92 Å². The summed E-state index contributed by atoms with van der Waals surface area (Å²) in [5.74, 6) is -0.514. The van der Waals surface area contributed by atoms with Gasteiger partial charge in [0.15, 0.2) is 6.33 Å². The summed E-state index contributed by atoms with van der Waals surface area (Å²) in [7, 11) is 0. The Kier molecular flexibility index (Phi) is 2.45. The van der Waals surface area contributed by atoms with Crippen molar-refractivity contribution in [3.8, 4) is 0 Å². The Morgan fingerprint density at radius 2 is 2.57 bits per heavy atom. The Morgan fingerprint density at radius 3 is 3.14 bits per heavy atom. The van der Waals surface area contributed by atoms with Crippen LogP contribution in [0.3, 0.4) is 0 Å². The van der Waals surface area contributed by atoms with E-state index in [0.717, 1.165) is 4.85 Å². The number of nitrogens with zero attached hydrogens (tertiary/aromatic N) is 3. The summed E-state index contributed by atoms with van der Waals surface area (Å²) in [5.41, 5.74) is 0. The first-order valence-electron chi connectivity index (χ1n) is 4.46. The van der Waals surface area contributed by atoms with Crippen molar-refractivity contribution in [1.82, 2.24) is 14.9 Å². The normalized spacial score (nSPS) is 26.4. The van der Waals surface area contributed by atoms with Crippen LogP contribution in [0.25, 0.3) is 0 Å². The molecule has 1 aliphatic rings. The van der Waals surface area contributed by atoms with Crippen molar-refractivity contribution in [3.63, 3.8) is 0 Å². The average Bonchev–Trinajstić information content (AvgIpc) is 2.75. The molecule has 0 aromatic carbocycles. The Bertz CT molecular complexity index is 312. The molecule has 76 valence electrons. The summed E-state index contributed by atoms with van der Waals surface area (Å²) in [5, 5.41) is 3.67. The molecule has 2 unspecified atom stereocenters. The monoisotopic (exact) mass is 197 g/mol. The first-order chi connectivity index (χ1) is 6.77. The molecule has 14 heavy (non-hydrogen) atoms. The molecule has 0 bridgehead atoms. The van der Waals surface area contributed by atoms with Crippen LogP contribution < -0.4 is 4.84 Å². The van der Waals surface area contributed by atoms with Gasteiger partial charge in [-0.1, -0.05) is 4.85 Å². The minimum absolute atomic E-state index is 0.0778. The highest BCUT2D eigenvalue weighted by atomic mass is 16.7. The Hall–Kier alpha value is -1.43. The van der Waals surface area contributed by atoms with Crippen LogP contribution in [0.4, 0.5) is 0 Å². The summed E-state index contributed by atoms with van der Waals surface area (Å²) in [6.45, 7) is 2.47. The maximum atomic E-state index is 11.5. The number of aromatic nitrogens is 3. The van der Waals surface area contributed by atoms with Crippen LogP contribution in [0.1, 0.15) is 13.3 Å². The lowest BCUT2D eigenvalue weighted by Crippen LogP contribution is -2.31. The van der Waals surface area contributed by atoms with Gasteiger partial charge in [-0.15, -0.1) is 5.10 Å². The molecule has 1 fully saturated rings. The van der Waals surface area contributed by atoms with Crippen molar-refractivity contribution in [2.75, 3.05) is 6.61 Å². The average molecular weight is 197 g/mol. The Morgan fingerprint density at radius 1 is 1.71 bits per heavy atom.